The Kier molecular flexibility index (Phi) is 7.40. The molecule has 0 saturated heterocycles. The summed E-state index contributed by atoms with van der Waals surface area (Å²) in [5.74, 6) is 1.96. The summed E-state index contributed by atoms with van der Waals surface area (Å²) < 4.78 is 2.62. The van der Waals surface area contributed by atoms with E-state index in [1.54, 1.807) is 0 Å². The summed E-state index contributed by atoms with van der Waals surface area (Å²) in [6.07, 6.45) is 7.60. The van der Waals surface area contributed by atoms with Crippen molar-refractivity contribution in [1.82, 2.24) is 15.0 Å². The lowest BCUT2D eigenvalue weighted by atomic mass is 9.91. The molecule has 0 unspecified atom stereocenters. The molecule has 0 radical (unpaired) electrons. The third-order valence-electron chi connectivity index (χ3n) is 9.98. The highest BCUT2D eigenvalue weighted by Gasteiger charge is 2.20. The van der Waals surface area contributed by atoms with Crippen molar-refractivity contribution < 1.29 is 0 Å². The zero-order valence-corrected chi connectivity index (χ0v) is 29.0. The van der Waals surface area contributed by atoms with Gasteiger partial charge in [-0.05, 0) is 74.8 Å². The third-order valence-corrected chi connectivity index (χ3v) is 11.1. The Hall–Kier alpha value is -6.49. The lowest BCUT2D eigenvalue weighted by Crippen LogP contribution is -2.02. The molecule has 0 atom stereocenters. The van der Waals surface area contributed by atoms with Gasteiger partial charge in [0.25, 0.3) is 0 Å². The van der Waals surface area contributed by atoms with Gasteiger partial charge in [0.2, 0.25) is 0 Å². The van der Waals surface area contributed by atoms with E-state index in [0.29, 0.717) is 17.5 Å². The van der Waals surface area contributed by atoms with Crippen LogP contribution in [0.1, 0.15) is 23.1 Å². The summed E-state index contributed by atoms with van der Waals surface area (Å²) in [5.41, 5.74) is 9.99. The molecule has 2 aromatic heterocycles. The Morgan fingerprint density at radius 1 is 0.404 bits per heavy atom. The molecule has 7 aromatic carbocycles. The number of fused-ring (bicyclic) bond motifs is 5. The van der Waals surface area contributed by atoms with Crippen molar-refractivity contribution in [2.24, 2.45) is 0 Å². The third kappa shape index (κ3) is 5.24. The number of hydrogen-bond acceptors (Lipinski definition) is 4. The summed E-state index contributed by atoms with van der Waals surface area (Å²) in [5, 5.41) is 4.86. The zero-order chi connectivity index (χ0) is 34.4. The van der Waals surface area contributed by atoms with Gasteiger partial charge in [-0.15, -0.1) is 11.3 Å². The quantitative estimate of drug-likeness (QED) is 0.181. The van der Waals surface area contributed by atoms with Crippen LogP contribution < -0.4 is 0 Å². The van der Waals surface area contributed by atoms with Crippen LogP contribution in [0.5, 0.6) is 0 Å². The lowest BCUT2D eigenvalue weighted by molar-refractivity contribution is 1.07. The van der Waals surface area contributed by atoms with E-state index in [1.165, 1.54) is 48.0 Å². The maximum atomic E-state index is 5.28. The molecule has 3 nitrogen and oxygen atoms in total. The average molecular weight is 682 g/mol. The molecule has 52 heavy (non-hydrogen) atoms. The van der Waals surface area contributed by atoms with Crippen molar-refractivity contribution in [3.05, 3.63) is 187 Å². The predicted molar refractivity (Wildman–Crippen MR) is 219 cm³/mol. The number of aromatic nitrogens is 3. The standard InChI is InChI=1S/C48H31N3S/c1-3-14-31(15-4-1)34-18-7-8-20-38-37(34)23-13-24-41(38)47-49-46(32-16-5-2-6-17-32)50-48(51-47)42-28-27-35(36-19-9-10-21-39(36)42)33-26-29-45-43(30-33)40-22-11-12-25-44(40)52-45/h1-6,8-30H,7H2. The van der Waals surface area contributed by atoms with Crippen LogP contribution in [0.3, 0.4) is 0 Å². The van der Waals surface area contributed by atoms with E-state index < -0.39 is 0 Å². The Morgan fingerprint density at radius 3 is 1.83 bits per heavy atom. The van der Waals surface area contributed by atoms with Crippen LogP contribution in [-0.4, -0.2) is 15.0 Å². The molecule has 0 saturated carbocycles. The van der Waals surface area contributed by atoms with E-state index in [4.69, 9.17) is 15.0 Å². The monoisotopic (exact) mass is 681 g/mol. The molecule has 2 heterocycles. The number of hydrogen-bond donors (Lipinski definition) is 0. The van der Waals surface area contributed by atoms with E-state index in [2.05, 4.69) is 158 Å². The smallest absolute Gasteiger partial charge is 0.164 e. The fraction of sp³-hybridized carbons (Fsp3) is 0.0208. The summed E-state index contributed by atoms with van der Waals surface area (Å²) in [6.45, 7) is 0. The van der Waals surface area contributed by atoms with E-state index in [1.807, 2.05) is 29.5 Å². The second-order valence-electron chi connectivity index (χ2n) is 13.1. The molecule has 0 aliphatic heterocycles. The summed E-state index contributed by atoms with van der Waals surface area (Å²) in [4.78, 5) is 15.6. The minimum Gasteiger partial charge on any atom is -0.208 e. The first-order valence-electron chi connectivity index (χ1n) is 17.6. The molecule has 9 aromatic rings. The van der Waals surface area contributed by atoms with Crippen molar-refractivity contribution in [2.45, 2.75) is 6.42 Å². The van der Waals surface area contributed by atoms with Gasteiger partial charge in [-0.1, -0.05) is 152 Å². The minimum absolute atomic E-state index is 0.651. The first-order chi connectivity index (χ1) is 25.8. The second kappa shape index (κ2) is 12.7. The van der Waals surface area contributed by atoms with Gasteiger partial charge in [0, 0.05) is 36.9 Å². The van der Waals surface area contributed by atoms with Gasteiger partial charge >= 0.3 is 0 Å². The highest BCUT2D eigenvalue weighted by molar-refractivity contribution is 7.25. The van der Waals surface area contributed by atoms with Crippen LogP contribution in [0, 0.1) is 0 Å². The first kappa shape index (κ1) is 30.3. The van der Waals surface area contributed by atoms with Crippen LogP contribution in [0.15, 0.2) is 170 Å². The maximum absolute atomic E-state index is 5.28. The number of thiophene rings is 1. The van der Waals surface area contributed by atoms with E-state index in [-0.39, 0.29) is 0 Å². The fourth-order valence-electron chi connectivity index (χ4n) is 7.52. The van der Waals surface area contributed by atoms with Crippen LogP contribution >= 0.6 is 11.3 Å². The van der Waals surface area contributed by atoms with E-state index >= 15 is 0 Å². The molecule has 244 valence electrons. The Morgan fingerprint density at radius 2 is 1.02 bits per heavy atom. The molecule has 1 aliphatic rings. The summed E-state index contributed by atoms with van der Waals surface area (Å²) >= 11 is 1.85. The maximum Gasteiger partial charge on any atom is 0.164 e. The summed E-state index contributed by atoms with van der Waals surface area (Å²) in [7, 11) is 0. The minimum atomic E-state index is 0.651. The number of allylic oxidation sites excluding steroid dienone is 2. The van der Waals surface area contributed by atoms with Gasteiger partial charge in [-0.2, -0.15) is 0 Å². The van der Waals surface area contributed by atoms with E-state index in [0.717, 1.165) is 39.4 Å². The topological polar surface area (TPSA) is 38.7 Å². The molecule has 0 bridgehead atoms. The number of rotatable bonds is 5. The normalized spacial score (nSPS) is 12.6. The molecular formula is C48H31N3S. The first-order valence-corrected chi connectivity index (χ1v) is 18.4. The van der Waals surface area contributed by atoms with Crippen molar-refractivity contribution in [2.75, 3.05) is 0 Å². The molecular weight excluding hydrogens is 651 g/mol. The van der Waals surface area contributed by atoms with Gasteiger partial charge in [-0.3, -0.25) is 0 Å². The highest BCUT2D eigenvalue weighted by atomic mass is 32.1. The second-order valence-corrected chi connectivity index (χ2v) is 14.2. The predicted octanol–water partition coefficient (Wildman–Crippen LogP) is 12.9. The van der Waals surface area contributed by atoms with Crippen molar-refractivity contribution in [3.8, 4) is 45.3 Å². The van der Waals surface area contributed by atoms with Gasteiger partial charge in [0.15, 0.2) is 17.5 Å². The van der Waals surface area contributed by atoms with Crippen molar-refractivity contribution in [3.63, 3.8) is 0 Å². The molecule has 0 N–H and O–H groups in total. The summed E-state index contributed by atoms with van der Waals surface area (Å²) in [6, 6.07) is 55.8. The largest absolute Gasteiger partial charge is 0.208 e. The molecule has 4 heteroatoms. The van der Waals surface area contributed by atoms with Crippen molar-refractivity contribution in [1.29, 1.82) is 0 Å². The Labute approximate surface area is 306 Å². The van der Waals surface area contributed by atoms with Crippen LogP contribution in [0.2, 0.25) is 0 Å². The van der Waals surface area contributed by atoms with Crippen molar-refractivity contribution >= 4 is 53.9 Å². The van der Waals surface area contributed by atoms with Gasteiger partial charge in [-0.25, -0.2) is 15.0 Å². The molecule has 0 amide bonds. The van der Waals surface area contributed by atoms with Gasteiger partial charge < -0.3 is 0 Å². The molecule has 1 aliphatic carbocycles. The molecule has 10 rings (SSSR count). The SMILES string of the molecule is C1=Cc2c(cccc2-c2nc(-c3ccccc3)nc(-c3ccc(-c4ccc5sc6ccccc6c5c4)c4ccccc34)n2)C(c2ccccc2)=CC1. The molecule has 0 spiro atoms. The van der Waals surface area contributed by atoms with Gasteiger partial charge in [0.05, 0.1) is 0 Å². The number of nitrogens with zero attached hydrogens (tertiary/aromatic N) is 3. The fourth-order valence-corrected chi connectivity index (χ4v) is 8.61. The average Bonchev–Trinajstić information content (AvgIpc) is 3.44. The van der Waals surface area contributed by atoms with Crippen LogP contribution in [-0.2, 0) is 0 Å². The van der Waals surface area contributed by atoms with Crippen LogP contribution in [0.25, 0.3) is 87.9 Å². The lowest BCUT2D eigenvalue weighted by Gasteiger charge is -2.16. The van der Waals surface area contributed by atoms with Crippen LogP contribution in [0.4, 0.5) is 0 Å². The van der Waals surface area contributed by atoms with Gasteiger partial charge in [0.1, 0.15) is 0 Å². The molecule has 0 fully saturated rings. The Bertz CT molecular complexity index is 2870. The zero-order valence-electron chi connectivity index (χ0n) is 28.2. The van der Waals surface area contributed by atoms with E-state index in [9.17, 15) is 0 Å². The Balaban J connectivity index is 1.16. The highest BCUT2D eigenvalue weighted by Crippen LogP contribution is 2.41. The number of benzene rings is 7.